The van der Waals surface area contributed by atoms with Gasteiger partial charge in [0.05, 0.1) is 12.5 Å². The van der Waals surface area contributed by atoms with Gasteiger partial charge in [0, 0.05) is 19.0 Å². The van der Waals surface area contributed by atoms with E-state index < -0.39 is 0 Å². The molecule has 0 aliphatic carbocycles. The highest BCUT2D eigenvalue weighted by Crippen LogP contribution is 2.09. The Morgan fingerprint density at radius 3 is 2.53 bits per heavy atom. The van der Waals surface area contributed by atoms with E-state index in [2.05, 4.69) is 6.07 Å². The van der Waals surface area contributed by atoms with Gasteiger partial charge in [-0.1, -0.05) is 44.2 Å². The van der Waals surface area contributed by atoms with Crippen molar-refractivity contribution in [2.75, 3.05) is 6.54 Å². The third-order valence-electron chi connectivity index (χ3n) is 2.52. The van der Waals surface area contributed by atoms with Crippen molar-refractivity contribution in [1.82, 2.24) is 4.90 Å². The van der Waals surface area contributed by atoms with E-state index in [1.54, 1.807) is 4.90 Å². The normalized spacial score (nSPS) is 10.0. The van der Waals surface area contributed by atoms with Crippen LogP contribution in [0, 0.1) is 17.2 Å². The summed E-state index contributed by atoms with van der Waals surface area (Å²) in [5.74, 6) is 0.0708. The molecule has 0 radical (unpaired) electrons. The number of hydrogen-bond donors (Lipinski definition) is 0. The minimum atomic E-state index is -0.0302. The molecule has 0 spiro atoms. The molecule has 1 rings (SSSR count). The molecule has 1 aromatic rings. The Bertz CT molecular complexity index is 392. The van der Waals surface area contributed by atoms with Crippen molar-refractivity contribution in [3.63, 3.8) is 0 Å². The fourth-order valence-electron chi connectivity index (χ4n) is 1.62. The molecule has 0 unspecified atom stereocenters. The number of carbonyl (C=O) groups excluding carboxylic acids is 1. The molecule has 0 bridgehead atoms. The molecule has 3 heteroatoms. The number of nitrogens with zero attached hydrogens (tertiary/aromatic N) is 2. The van der Waals surface area contributed by atoms with Gasteiger partial charge in [0.1, 0.15) is 0 Å². The molecule has 0 saturated heterocycles. The van der Waals surface area contributed by atoms with Gasteiger partial charge in [-0.25, -0.2) is 0 Å². The molecule has 0 heterocycles. The first kappa shape index (κ1) is 13.2. The van der Waals surface area contributed by atoms with E-state index in [0.717, 1.165) is 5.56 Å². The third-order valence-corrected chi connectivity index (χ3v) is 2.52. The molecule has 1 amide bonds. The van der Waals surface area contributed by atoms with Crippen molar-refractivity contribution in [3.8, 4) is 6.07 Å². The van der Waals surface area contributed by atoms with Crippen molar-refractivity contribution in [2.45, 2.75) is 26.8 Å². The molecule has 90 valence electrons. The van der Waals surface area contributed by atoms with E-state index in [9.17, 15) is 4.79 Å². The second-order valence-corrected chi connectivity index (χ2v) is 4.31. The average Bonchev–Trinajstić information content (AvgIpc) is 2.34. The summed E-state index contributed by atoms with van der Waals surface area (Å²) >= 11 is 0. The smallest absolute Gasteiger partial charge is 0.225 e. The first-order chi connectivity index (χ1) is 8.15. The predicted octanol–water partition coefficient (Wildman–Crippen LogP) is 2.58. The van der Waals surface area contributed by atoms with E-state index in [1.165, 1.54) is 0 Å². The van der Waals surface area contributed by atoms with Crippen LogP contribution in [0.15, 0.2) is 30.3 Å². The highest BCUT2D eigenvalue weighted by atomic mass is 16.2. The van der Waals surface area contributed by atoms with Gasteiger partial charge in [0.15, 0.2) is 0 Å². The Kier molecular flexibility index (Phi) is 5.22. The maximum atomic E-state index is 12.0. The molecular weight excluding hydrogens is 212 g/mol. The molecule has 1 aromatic carbocycles. The second-order valence-electron chi connectivity index (χ2n) is 4.31. The summed E-state index contributed by atoms with van der Waals surface area (Å²) < 4.78 is 0. The third kappa shape index (κ3) is 4.28. The highest BCUT2D eigenvalue weighted by Gasteiger charge is 2.16. The maximum absolute atomic E-state index is 12.0. The van der Waals surface area contributed by atoms with Crippen molar-refractivity contribution in [3.05, 3.63) is 35.9 Å². The zero-order valence-corrected chi connectivity index (χ0v) is 10.4. The Morgan fingerprint density at radius 2 is 2.00 bits per heavy atom. The van der Waals surface area contributed by atoms with Crippen LogP contribution in [0.3, 0.4) is 0 Å². The van der Waals surface area contributed by atoms with Gasteiger partial charge in [-0.3, -0.25) is 4.79 Å². The summed E-state index contributed by atoms with van der Waals surface area (Å²) in [6.45, 7) is 4.85. The molecule has 0 aromatic heterocycles. The van der Waals surface area contributed by atoms with Crippen LogP contribution in [0.1, 0.15) is 25.8 Å². The molecular formula is C14H18N2O. The molecule has 0 saturated carbocycles. The van der Waals surface area contributed by atoms with Crippen LogP contribution in [-0.4, -0.2) is 17.4 Å². The lowest BCUT2D eigenvalue weighted by molar-refractivity contribution is -0.135. The predicted molar refractivity (Wildman–Crippen MR) is 66.9 cm³/mol. The summed E-state index contributed by atoms with van der Waals surface area (Å²) in [5.41, 5.74) is 1.10. The van der Waals surface area contributed by atoms with Crippen molar-refractivity contribution in [2.24, 2.45) is 5.92 Å². The summed E-state index contributed by atoms with van der Waals surface area (Å²) in [5, 5.41) is 8.61. The Hall–Kier alpha value is -1.82. The van der Waals surface area contributed by atoms with Crippen molar-refractivity contribution >= 4 is 5.91 Å². The van der Waals surface area contributed by atoms with Gasteiger partial charge in [-0.2, -0.15) is 5.26 Å². The first-order valence-electron chi connectivity index (χ1n) is 5.84. The number of amides is 1. The van der Waals surface area contributed by atoms with Gasteiger partial charge in [0.25, 0.3) is 0 Å². The average molecular weight is 230 g/mol. The van der Waals surface area contributed by atoms with Crippen LogP contribution in [0.4, 0.5) is 0 Å². The largest absolute Gasteiger partial charge is 0.337 e. The minimum absolute atomic E-state index is 0.0302. The van der Waals surface area contributed by atoms with Gasteiger partial charge >= 0.3 is 0 Å². The number of nitriles is 1. The fraction of sp³-hybridized carbons (Fsp3) is 0.429. The van der Waals surface area contributed by atoms with Crippen LogP contribution >= 0.6 is 0 Å². The van der Waals surface area contributed by atoms with Gasteiger partial charge < -0.3 is 4.90 Å². The molecule has 0 N–H and O–H groups in total. The number of carbonyl (C=O) groups is 1. The van der Waals surface area contributed by atoms with E-state index in [-0.39, 0.29) is 11.8 Å². The molecule has 0 fully saturated rings. The Labute approximate surface area is 103 Å². The summed E-state index contributed by atoms with van der Waals surface area (Å²) in [6.07, 6.45) is 0.380. The van der Waals surface area contributed by atoms with E-state index in [0.29, 0.717) is 19.5 Å². The Balaban J connectivity index is 2.70. The van der Waals surface area contributed by atoms with Gasteiger partial charge in [-0.15, -0.1) is 0 Å². The van der Waals surface area contributed by atoms with Gasteiger partial charge in [-0.05, 0) is 5.56 Å². The number of hydrogen-bond acceptors (Lipinski definition) is 2. The number of rotatable bonds is 5. The standard InChI is InChI=1S/C14H18N2O/c1-12(2)14(17)16(10-6-9-15)11-13-7-4-3-5-8-13/h3-5,7-8,12H,6,10-11H2,1-2H3. The molecule has 0 atom stereocenters. The monoisotopic (exact) mass is 230 g/mol. The van der Waals surface area contributed by atoms with E-state index >= 15 is 0 Å². The zero-order valence-electron chi connectivity index (χ0n) is 10.4. The summed E-state index contributed by atoms with van der Waals surface area (Å²) in [4.78, 5) is 13.7. The lowest BCUT2D eigenvalue weighted by Crippen LogP contribution is -2.34. The van der Waals surface area contributed by atoms with Crippen molar-refractivity contribution in [1.29, 1.82) is 5.26 Å². The van der Waals surface area contributed by atoms with E-state index in [1.807, 2.05) is 44.2 Å². The molecule has 17 heavy (non-hydrogen) atoms. The van der Waals surface area contributed by atoms with Crippen LogP contribution in [0.2, 0.25) is 0 Å². The van der Waals surface area contributed by atoms with Gasteiger partial charge in [0.2, 0.25) is 5.91 Å². The van der Waals surface area contributed by atoms with Crippen LogP contribution in [0.25, 0.3) is 0 Å². The lowest BCUT2D eigenvalue weighted by Gasteiger charge is -2.23. The summed E-state index contributed by atoms with van der Waals surface area (Å²) in [6, 6.07) is 11.9. The molecule has 0 aliphatic rings. The SMILES string of the molecule is CC(C)C(=O)N(CCC#N)Cc1ccccc1. The highest BCUT2D eigenvalue weighted by molar-refractivity contribution is 5.78. The van der Waals surface area contributed by atoms with Crippen LogP contribution in [0.5, 0.6) is 0 Å². The first-order valence-corrected chi connectivity index (χ1v) is 5.84. The second kappa shape index (κ2) is 6.70. The molecule has 0 aliphatic heterocycles. The van der Waals surface area contributed by atoms with E-state index in [4.69, 9.17) is 5.26 Å². The van der Waals surface area contributed by atoms with Crippen molar-refractivity contribution < 1.29 is 4.79 Å². The fourth-order valence-corrected chi connectivity index (χ4v) is 1.62. The van der Waals surface area contributed by atoms with Crippen LogP contribution in [-0.2, 0) is 11.3 Å². The quantitative estimate of drug-likeness (QED) is 0.780. The number of benzene rings is 1. The topological polar surface area (TPSA) is 44.1 Å². The minimum Gasteiger partial charge on any atom is -0.337 e. The zero-order chi connectivity index (χ0) is 12.7. The lowest BCUT2D eigenvalue weighted by atomic mass is 10.1. The van der Waals surface area contributed by atoms with Crippen LogP contribution < -0.4 is 0 Å². The molecule has 3 nitrogen and oxygen atoms in total. The summed E-state index contributed by atoms with van der Waals surface area (Å²) in [7, 11) is 0. The Morgan fingerprint density at radius 1 is 1.35 bits per heavy atom. The maximum Gasteiger partial charge on any atom is 0.225 e.